The normalized spacial score (nSPS) is 34.9. The predicted molar refractivity (Wildman–Crippen MR) is 54.1 cm³/mol. The van der Waals surface area contributed by atoms with Crippen LogP contribution < -0.4 is 5.73 Å². The quantitative estimate of drug-likeness (QED) is 0.701. The van der Waals surface area contributed by atoms with E-state index >= 15 is 0 Å². The highest BCUT2D eigenvalue weighted by Gasteiger charge is 2.42. The van der Waals surface area contributed by atoms with E-state index in [1.807, 2.05) is 6.92 Å². The summed E-state index contributed by atoms with van der Waals surface area (Å²) in [5.74, 6) is 0.947. The molecule has 0 aromatic rings. The molecule has 13 heavy (non-hydrogen) atoms. The molecule has 1 amide bonds. The molecule has 0 aliphatic heterocycles. The maximum Gasteiger partial charge on any atom is 0.223 e. The van der Waals surface area contributed by atoms with E-state index in [0.29, 0.717) is 11.8 Å². The van der Waals surface area contributed by atoms with Gasteiger partial charge in [-0.2, -0.15) is 0 Å². The standard InChI is InChI=1S/C11H21NO/c1-8(2)9-6-4-5-7-11(9,3)10(12)13/h8-9H,4-7H2,1-3H3,(H2,12,13)/t9-,11-/m1/s1. The molecule has 0 aromatic carbocycles. The molecule has 2 N–H and O–H groups in total. The number of carbonyl (C=O) groups is 1. The van der Waals surface area contributed by atoms with E-state index in [9.17, 15) is 4.79 Å². The number of amides is 1. The van der Waals surface area contributed by atoms with E-state index < -0.39 is 0 Å². The van der Waals surface area contributed by atoms with Gasteiger partial charge in [0, 0.05) is 5.41 Å². The number of hydrogen-bond acceptors (Lipinski definition) is 1. The molecule has 1 aliphatic carbocycles. The molecule has 0 bridgehead atoms. The van der Waals surface area contributed by atoms with Crippen molar-refractivity contribution >= 4 is 5.91 Å². The van der Waals surface area contributed by atoms with Crippen molar-refractivity contribution in [3.63, 3.8) is 0 Å². The summed E-state index contributed by atoms with van der Waals surface area (Å²) in [4.78, 5) is 11.4. The summed E-state index contributed by atoms with van der Waals surface area (Å²) in [7, 11) is 0. The Kier molecular flexibility index (Phi) is 2.99. The topological polar surface area (TPSA) is 43.1 Å². The van der Waals surface area contributed by atoms with Crippen LogP contribution in [0.3, 0.4) is 0 Å². The Morgan fingerprint density at radius 1 is 1.46 bits per heavy atom. The molecule has 0 spiro atoms. The molecule has 2 atom stereocenters. The third-order valence-corrected chi connectivity index (χ3v) is 3.65. The number of primary amides is 1. The molecule has 2 heteroatoms. The van der Waals surface area contributed by atoms with Crippen molar-refractivity contribution < 1.29 is 4.79 Å². The monoisotopic (exact) mass is 183 g/mol. The summed E-state index contributed by atoms with van der Waals surface area (Å²) >= 11 is 0. The maximum absolute atomic E-state index is 11.4. The van der Waals surface area contributed by atoms with Crippen LogP contribution in [0.5, 0.6) is 0 Å². The fourth-order valence-corrected chi connectivity index (χ4v) is 2.74. The Hall–Kier alpha value is -0.530. The zero-order valence-electron chi connectivity index (χ0n) is 8.97. The lowest BCUT2D eigenvalue weighted by Crippen LogP contribution is -2.44. The van der Waals surface area contributed by atoms with Gasteiger partial charge in [0.15, 0.2) is 0 Å². The predicted octanol–water partition coefficient (Wildman–Crippen LogP) is 2.32. The lowest BCUT2D eigenvalue weighted by atomic mass is 9.63. The van der Waals surface area contributed by atoms with Crippen LogP contribution in [0.25, 0.3) is 0 Å². The third kappa shape index (κ3) is 1.87. The second-order valence-corrected chi connectivity index (χ2v) is 4.88. The minimum absolute atomic E-state index is 0.106. The highest BCUT2D eigenvalue weighted by atomic mass is 16.1. The van der Waals surface area contributed by atoms with Crippen molar-refractivity contribution in [2.45, 2.75) is 46.5 Å². The summed E-state index contributed by atoms with van der Waals surface area (Å²) in [5.41, 5.74) is 5.25. The SMILES string of the molecule is CC(C)[C@H]1CCCC[C@@]1(C)C(N)=O. The van der Waals surface area contributed by atoms with Gasteiger partial charge >= 0.3 is 0 Å². The van der Waals surface area contributed by atoms with Crippen molar-refractivity contribution in [2.75, 3.05) is 0 Å². The first-order chi connectivity index (χ1) is 5.98. The molecule has 2 nitrogen and oxygen atoms in total. The number of rotatable bonds is 2. The van der Waals surface area contributed by atoms with E-state index in [-0.39, 0.29) is 11.3 Å². The summed E-state index contributed by atoms with van der Waals surface area (Å²) in [5, 5.41) is 0. The van der Waals surface area contributed by atoms with Crippen LogP contribution in [-0.2, 0) is 4.79 Å². The zero-order chi connectivity index (χ0) is 10.1. The fourth-order valence-electron chi connectivity index (χ4n) is 2.74. The van der Waals surface area contributed by atoms with E-state index in [1.54, 1.807) is 0 Å². The van der Waals surface area contributed by atoms with Gasteiger partial charge in [-0.3, -0.25) is 4.79 Å². The second-order valence-electron chi connectivity index (χ2n) is 4.88. The van der Waals surface area contributed by atoms with Gasteiger partial charge in [0.1, 0.15) is 0 Å². The lowest BCUT2D eigenvalue weighted by molar-refractivity contribution is -0.133. The van der Waals surface area contributed by atoms with Gasteiger partial charge in [-0.1, -0.05) is 33.6 Å². The minimum Gasteiger partial charge on any atom is -0.369 e. The van der Waals surface area contributed by atoms with Gasteiger partial charge in [-0.15, -0.1) is 0 Å². The Morgan fingerprint density at radius 2 is 2.08 bits per heavy atom. The minimum atomic E-state index is -0.244. The average molecular weight is 183 g/mol. The first kappa shape index (κ1) is 10.6. The third-order valence-electron chi connectivity index (χ3n) is 3.65. The summed E-state index contributed by atoms with van der Waals surface area (Å²) in [6.45, 7) is 6.42. The number of nitrogens with two attached hydrogens (primary N) is 1. The number of hydrogen-bond donors (Lipinski definition) is 1. The summed E-state index contributed by atoms with van der Waals surface area (Å²) < 4.78 is 0. The van der Waals surface area contributed by atoms with E-state index in [1.165, 1.54) is 6.42 Å². The van der Waals surface area contributed by atoms with Crippen LogP contribution in [0.1, 0.15) is 46.5 Å². The highest BCUT2D eigenvalue weighted by Crippen LogP contribution is 2.44. The van der Waals surface area contributed by atoms with Gasteiger partial charge < -0.3 is 5.73 Å². The lowest BCUT2D eigenvalue weighted by Gasteiger charge is -2.41. The van der Waals surface area contributed by atoms with Gasteiger partial charge in [-0.25, -0.2) is 0 Å². The van der Waals surface area contributed by atoms with Crippen LogP contribution in [0.15, 0.2) is 0 Å². The molecular weight excluding hydrogens is 162 g/mol. The largest absolute Gasteiger partial charge is 0.369 e. The molecule has 1 rings (SSSR count). The Balaban J connectivity index is 2.83. The van der Waals surface area contributed by atoms with Crippen molar-refractivity contribution in [3.8, 4) is 0 Å². The Labute approximate surface area is 80.9 Å². The molecule has 1 fully saturated rings. The van der Waals surface area contributed by atoms with Crippen LogP contribution in [0.4, 0.5) is 0 Å². The summed E-state index contributed by atoms with van der Waals surface area (Å²) in [6.07, 6.45) is 4.55. The average Bonchev–Trinajstić information content (AvgIpc) is 2.04. The van der Waals surface area contributed by atoms with Crippen LogP contribution in [-0.4, -0.2) is 5.91 Å². The van der Waals surface area contributed by atoms with Crippen molar-refractivity contribution in [1.82, 2.24) is 0 Å². The first-order valence-corrected chi connectivity index (χ1v) is 5.28. The molecule has 1 saturated carbocycles. The van der Waals surface area contributed by atoms with Crippen molar-refractivity contribution in [1.29, 1.82) is 0 Å². The van der Waals surface area contributed by atoms with E-state index in [2.05, 4.69) is 13.8 Å². The second kappa shape index (κ2) is 3.69. The van der Waals surface area contributed by atoms with E-state index in [0.717, 1.165) is 19.3 Å². The highest BCUT2D eigenvalue weighted by molar-refractivity contribution is 5.80. The first-order valence-electron chi connectivity index (χ1n) is 5.28. The molecule has 1 aliphatic rings. The molecule has 0 radical (unpaired) electrons. The molecule has 0 heterocycles. The van der Waals surface area contributed by atoms with Gasteiger partial charge in [0.05, 0.1) is 0 Å². The van der Waals surface area contributed by atoms with Gasteiger partial charge in [0.2, 0.25) is 5.91 Å². The smallest absolute Gasteiger partial charge is 0.223 e. The van der Waals surface area contributed by atoms with Crippen LogP contribution >= 0.6 is 0 Å². The number of carbonyl (C=O) groups excluding carboxylic acids is 1. The Morgan fingerprint density at radius 3 is 2.46 bits per heavy atom. The molecule has 0 aromatic heterocycles. The van der Waals surface area contributed by atoms with Gasteiger partial charge in [-0.05, 0) is 24.7 Å². The van der Waals surface area contributed by atoms with Gasteiger partial charge in [0.25, 0.3) is 0 Å². The van der Waals surface area contributed by atoms with Crippen molar-refractivity contribution in [3.05, 3.63) is 0 Å². The van der Waals surface area contributed by atoms with Crippen LogP contribution in [0.2, 0.25) is 0 Å². The van der Waals surface area contributed by atoms with E-state index in [4.69, 9.17) is 5.73 Å². The van der Waals surface area contributed by atoms with Crippen LogP contribution in [0, 0.1) is 17.3 Å². The molecule has 0 unspecified atom stereocenters. The summed E-state index contributed by atoms with van der Waals surface area (Å²) in [6, 6.07) is 0. The fraction of sp³-hybridized carbons (Fsp3) is 0.909. The molecular formula is C11H21NO. The van der Waals surface area contributed by atoms with Crippen molar-refractivity contribution in [2.24, 2.45) is 23.0 Å². The maximum atomic E-state index is 11.4. The molecule has 0 saturated heterocycles. The Bertz CT molecular complexity index is 200. The zero-order valence-corrected chi connectivity index (χ0v) is 8.97. The molecule has 76 valence electrons.